The largest absolute Gasteiger partial charge is 0.316 e. The van der Waals surface area contributed by atoms with Crippen molar-refractivity contribution < 1.29 is 0 Å². The lowest BCUT2D eigenvalue weighted by Gasteiger charge is -2.32. The fourth-order valence-corrected chi connectivity index (χ4v) is 4.27. The Morgan fingerprint density at radius 3 is 2.17 bits per heavy atom. The summed E-state index contributed by atoms with van der Waals surface area (Å²) in [5, 5.41) is 7.08. The van der Waals surface area contributed by atoms with Gasteiger partial charge in [0.25, 0.3) is 0 Å². The summed E-state index contributed by atoms with van der Waals surface area (Å²) in [5.41, 5.74) is 5.35. The number of nitrogens with one attached hydrogen (secondary N) is 2. The molecule has 0 spiro atoms. The van der Waals surface area contributed by atoms with Gasteiger partial charge in [0, 0.05) is 37.8 Å². The van der Waals surface area contributed by atoms with Crippen molar-refractivity contribution in [1.29, 1.82) is 0 Å². The molecule has 2 rings (SSSR count). The molecule has 0 heterocycles. The van der Waals surface area contributed by atoms with Crippen molar-refractivity contribution in [3.63, 3.8) is 0 Å². The minimum atomic E-state index is 0.342. The SMILES string of the molecule is CCNCCN(C)Cc1ccccc1-c1ccc([C@@H]([C@H](C)NC(C)C)N(C)C)cc1. The van der Waals surface area contributed by atoms with E-state index in [0.29, 0.717) is 18.1 Å². The van der Waals surface area contributed by atoms with Crippen LogP contribution in [0, 0.1) is 0 Å². The zero-order valence-electron chi connectivity index (χ0n) is 20.1. The van der Waals surface area contributed by atoms with Crippen LogP contribution in [0.3, 0.4) is 0 Å². The molecule has 0 saturated heterocycles. The minimum absolute atomic E-state index is 0.342. The van der Waals surface area contributed by atoms with E-state index in [1.165, 1.54) is 22.3 Å². The van der Waals surface area contributed by atoms with Crippen LogP contribution in [0.2, 0.25) is 0 Å². The highest BCUT2D eigenvalue weighted by molar-refractivity contribution is 5.67. The Morgan fingerprint density at radius 2 is 1.57 bits per heavy atom. The van der Waals surface area contributed by atoms with Gasteiger partial charge in [-0.1, -0.05) is 69.3 Å². The van der Waals surface area contributed by atoms with Crippen molar-refractivity contribution in [3.8, 4) is 11.1 Å². The third kappa shape index (κ3) is 7.21. The zero-order valence-corrected chi connectivity index (χ0v) is 20.1. The van der Waals surface area contributed by atoms with Crippen LogP contribution in [0.5, 0.6) is 0 Å². The van der Waals surface area contributed by atoms with E-state index in [9.17, 15) is 0 Å². The molecule has 0 aliphatic rings. The molecular formula is C26H42N4. The standard InChI is InChI=1S/C26H42N4/c1-8-27-17-18-30(7)19-24-11-9-10-12-25(24)22-13-15-23(16-14-22)26(29(5)6)21(4)28-20(2)3/h9-16,20-21,26-28H,8,17-19H2,1-7H3/t21-,26+/m0/s1. The van der Waals surface area contributed by atoms with E-state index in [0.717, 1.165) is 26.2 Å². The van der Waals surface area contributed by atoms with Crippen LogP contribution < -0.4 is 10.6 Å². The molecule has 0 aliphatic carbocycles. The Hall–Kier alpha value is -1.72. The van der Waals surface area contributed by atoms with Gasteiger partial charge in [0.1, 0.15) is 0 Å². The Balaban J connectivity index is 2.19. The first-order valence-electron chi connectivity index (χ1n) is 11.3. The van der Waals surface area contributed by atoms with Gasteiger partial charge < -0.3 is 20.4 Å². The number of likely N-dealkylation sites (N-methyl/N-ethyl adjacent to an activating group) is 3. The van der Waals surface area contributed by atoms with Crippen LogP contribution in [-0.2, 0) is 6.54 Å². The summed E-state index contributed by atoms with van der Waals surface area (Å²) in [7, 11) is 6.52. The maximum absolute atomic E-state index is 3.67. The summed E-state index contributed by atoms with van der Waals surface area (Å²) in [5.74, 6) is 0. The Labute approximate surface area is 184 Å². The smallest absolute Gasteiger partial charge is 0.0493 e. The van der Waals surface area contributed by atoms with Crippen LogP contribution in [0.25, 0.3) is 11.1 Å². The molecule has 2 aromatic rings. The van der Waals surface area contributed by atoms with Crippen molar-refractivity contribution in [2.45, 2.75) is 52.4 Å². The monoisotopic (exact) mass is 410 g/mol. The van der Waals surface area contributed by atoms with Gasteiger partial charge in [0.2, 0.25) is 0 Å². The van der Waals surface area contributed by atoms with Gasteiger partial charge in [0.15, 0.2) is 0 Å². The highest BCUT2D eigenvalue weighted by Crippen LogP contribution is 2.28. The summed E-state index contributed by atoms with van der Waals surface area (Å²) < 4.78 is 0. The third-order valence-electron chi connectivity index (χ3n) is 5.57. The number of benzene rings is 2. The summed E-state index contributed by atoms with van der Waals surface area (Å²) in [6.07, 6.45) is 0. The first-order chi connectivity index (χ1) is 14.3. The maximum Gasteiger partial charge on any atom is 0.0493 e. The minimum Gasteiger partial charge on any atom is -0.316 e. The molecule has 0 fully saturated rings. The lowest BCUT2D eigenvalue weighted by Crippen LogP contribution is -2.42. The zero-order chi connectivity index (χ0) is 22.1. The van der Waals surface area contributed by atoms with Crippen molar-refractivity contribution in [2.24, 2.45) is 0 Å². The Bertz CT molecular complexity index is 739. The number of hydrogen-bond donors (Lipinski definition) is 2. The molecule has 0 aromatic heterocycles. The molecule has 2 atom stereocenters. The molecular weight excluding hydrogens is 368 g/mol. The highest BCUT2D eigenvalue weighted by Gasteiger charge is 2.22. The molecule has 166 valence electrons. The fraction of sp³-hybridized carbons (Fsp3) is 0.538. The second kappa shape index (κ2) is 12.2. The van der Waals surface area contributed by atoms with Gasteiger partial charge in [-0.25, -0.2) is 0 Å². The second-order valence-electron chi connectivity index (χ2n) is 8.89. The molecule has 4 nitrogen and oxygen atoms in total. The summed E-state index contributed by atoms with van der Waals surface area (Å²) in [4.78, 5) is 4.69. The quantitative estimate of drug-likeness (QED) is 0.508. The first-order valence-corrected chi connectivity index (χ1v) is 11.3. The van der Waals surface area contributed by atoms with Crippen LogP contribution in [0.4, 0.5) is 0 Å². The predicted molar refractivity (Wildman–Crippen MR) is 131 cm³/mol. The van der Waals surface area contributed by atoms with Crippen LogP contribution in [0.1, 0.15) is 44.9 Å². The van der Waals surface area contributed by atoms with Gasteiger partial charge in [-0.15, -0.1) is 0 Å². The lowest BCUT2D eigenvalue weighted by atomic mass is 9.94. The lowest BCUT2D eigenvalue weighted by molar-refractivity contribution is 0.233. The molecule has 0 unspecified atom stereocenters. The van der Waals surface area contributed by atoms with Gasteiger partial charge in [-0.05, 0) is 56.9 Å². The van der Waals surface area contributed by atoms with Crippen LogP contribution in [0.15, 0.2) is 48.5 Å². The van der Waals surface area contributed by atoms with Crippen molar-refractivity contribution in [2.75, 3.05) is 40.8 Å². The molecule has 0 aliphatic heterocycles. The summed E-state index contributed by atoms with van der Waals surface area (Å²) in [6.45, 7) is 12.9. The van der Waals surface area contributed by atoms with Crippen LogP contribution in [-0.4, -0.2) is 62.7 Å². The van der Waals surface area contributed by atoms with E-state index in [1.807, 2.05) is 0 Å². The topological polar surface area (TPSA) is 30.5 Å². The predicted octanol–water partition coefficient (Wildman–Crippen LogP) is 4.38. The van der Waals surface area contributed by atoms with E-state index < -0.39 is 0 Å². The van der Waals surface area contributed by atoms with Gasteiger partial charge in [0.05, 0.1) is 0 Å². The summed E-state index contributed by atoms with van der Waals surface area (Å²) in [6, 6.07) is 19.1. The van der Waals surface area contributed by atoms with E-state index in [2.05, 4.69) is 118 Å². The molecule has 2 aromatic carbocycles. The van der Waals surface area contributed by atoms with E-state index >= 15 is 0 Å². The molecule has 0 bridgehead atoms. The van der Waals surface area contributed by atoms with Gasteiger partial charge >= 0.3 is 0 Å². The van der Waals surface area contributed by atoms with Crippen molar-refractivity contribution in [3.05, 3.63) is 59.7 Å². The van der Waals surface area contributed by atoms with Crippen molar-refractivity contribution in [1.82, 2.24) is 20.4 Å². The van der Waals surface area contributed by atoms with Crippen molar-refractivity contribution >= 4 is 0 Å². The Morgan fingerprint density at radius 1 is 0.900 bits per heavy atom. The molecule has 2 N–H and O–H groups in total. The highest BCUT2D eigenvalue weighted by atomic mass is 15.1. The average Bonchev–Trinajstić information content (AvgIpc) is 2.68. The molecule has 0 saturated carbocycles. The molecule has 4 heteroatoms. The second-order valence-corrected chi connectivity index (χ2v) is 8.89. The Kier molecular flexibility index (Phi) is 9.99. The van der Waals surface area contributed by atoms with E-state index in [4.69, 9.17) is 0 Å². The molecule has 0 amide bonds. The molecule has 0 radical (unpaired) electrons. The molecule has 30 heavy (non-hydrogen) atoms. The van der Waals surface area contributed by atoms with Gasteiger partial charge in [-0.3, -0.25) is 0 Å². The third-order valence-corrected chi connectivity index (χ3v) is 5.57. The number of hydrogen-bond acceptors (Lipinski definition) is 4. The normalized spacial score (nSPS) is 13.9. The summed E-state index contributed by atoms with van der Waals surface area (Å²) >= 11 is 0. The van der Waals surface area contributed by atoms with Crippen LogP contribution >= 0.6 is 0 Å². The first kappa shape index (κ1) is 24.5. The maximum atomic E-state index is 3.67. The van der Waals surface area contributed by atoms with E-state index in [-0.39, 0.29) is 0 Å². The number of rotatable bonds is 12. The van der Waals surface area contributed by atoms with Gasteiger partial charge in [-0.2, -0.15) is 0 Å². The average molecular weight is 411 g/mol. The van der Waals surface area contributed by atoms with E-state index in [1.54, 1.807) is 0 Å². The fourth-order valence-electron chi connectivity index (χ4n) is 4.27. The number of nitrogens with zero attached hydrogens (tertiary/aromatic N) is 2.